The highest BCUT2D eigenvalue weighted by Crippen LogP contribution is 2.41. The molecule has 0 spiro atoms. The molecule has 0 aliphatic carbocycles. The molecule has 1 saturated heterocycles. The molecule has 2 N–H and O–H groups in total. The zero-order valence-corrected chi connectivity index (χ0v) is 20.6. The number of nitrogens with zero attached hydrogens (tertiary/aromatic N) is 1. The lowest BCUT2D eigenvalue weighted by molar-refractivity contribution is -0.115. The van der Waals surface area contributed by atoms with Gasteiger partial charge in [-0.25, -0.2) is 4.99 Å². The van der Waals surface area contributed by atoms with Gasteiger partial charge >= 0.3 is 0 Å². The van der Waals surface area contributed by atoms with Gasteiger partial charge < -0.3 is 10.4 Å². The molecule has 1 fully saturated rings. The Morgan fingerprint density at radius 3 is 2.16 bits per heavy atom. The van der Waals surface area contributed by atoms with Crippen LogP contribution < -0.4 is 5.32 Å². The largest absolute Gasteiger partial charge is 0.507 e. The summed E-state index contributed by atoms with van der Waals surface area (Å²) in [5.74, 6) is 0.135. The zero-order chi connectivity index (χ0) is 23.1. The molecule has 0 bridgehead atoms. The van der Waals surface area contributed by atoms with Crippen molar-refractivity contribution in [2.45, 2.75) is 59.3 Å². The summed E-state index contributed by atoms with van der Waals surface area (Å²) in [5, 5.41) is 14.9. The fourth-order valence-electron chi connectivity index (χ4n) is 3.33. The van der Waals surface area contributed by atoms with Gasteiger partial charge in [0.05, 0.1) is 10.6 Å². The van der Waals surface area contributed by atoms with Gasteiger partial charge in [0.2, 0.25) is 0 Å². The molecule has 2 aromatic rings. The van der Waals surface area contributed by atoms with E-state index < -0.39 is 0 Å². The Morgan fingerprint density at radius 1 is 1.03 bits per heavy atom. The molecule has 2 aromatic carbocycles. The Morgan fingerprint density at radius 2 is 1.61 bits per heavy atom. The van der Waals surface area contributed by atoms with Crippen molar-refractivity contribution < 1.29 is 9.90 Å². The number of hydrogen-bond donors (Lipinski definition) is 2. The summed E-state index contributed by atoms with van der Waals surface area (Å²) in [7, 11) is 0. The van der Waals surface area contributed by atoms with Crippen LogP contribution in [0.3, 0.4) is 0 Å². The minimum absolute atomic E-state index is 0.189. The van der Waals surface area contributed by atoms with Crippen LogP contribution in [0.4, 0.5) is 5.69 Å². The number of phenolic OH excluding ortho intramolecular Hbond substituents is 1. The second-order valence-electron chi connectivity index (χ2n) is 9.88. The second kappa shape index (κ2) is 8.36. The smallest absolute Gasteiger partial charge is 0.264 e. The minimum Gasteiger partial charge on any atom is -0.507 e. The molecule has 0 aromatic heterocycles. The van der Waals surface area contributed by atoms with E-state index in [1.807, 2.05) is 37.3 Å². The lowest BCUT2D eigenvalue weighted by atomic mass is 9.78. The Kier molecular flexibility index (Phi) is 6.32. The number of aliphatic imine (C=N–C) groups is 1. The van der Waals surface area contributed by atoms with Crippen LogP contribution in [-0.2, 0) is 15.6 Å². The van der Waals surface area contributed by atoms with Gasteiger partial charge in [-0.2, -0.15) is 0 Å². The number of carbonyl (C=O) groups is 1. The summed E-state index contributed by atoms with van der Waals surface area (Å²) in [4.78, 5) is 17.7. The van der Waals surface area contributed by atoms with Gasteiger partial charge in [0.15, 0.2) is 5.17 Å². The third-order valence-corrected chi connectivity index (χ3v) is 6.24. The highest BCUT2D eigenvalue weighted by Gasteiger charge is 2.28. The first-order valence-corrected chi connectivity index (χ1v) is 11.4. The molecule has 1 aliphatic rings. The van der Waals surface area contributed by atoms with Crippen LogP contribution in [0, 0.1) is 6.92 Å². The van der Waals surface area contributed by atoms with Crippen molar-refractivity contribution >= 4 is 46.2 Å². The van der Waals surface area contributed by atoms with Gasteiger partial charge in [0.25, 0.3) is 5.91 Å². The first-order chi connectivity index (χ1) is 14.3. The van der Waals surface area contributed by atoms with Gasteiger partial charge in [0.1, 0.15) is 5.75 Å². The standard InChI is InChI=1S/C25H29ClN2O2S/c1-14-8-9-16(26)13-19(14)27-23-28-22(30)20(31-23)12-15-10-17(24(2,3)4)21(29)18(11-15)25(5,6)7/h8-13,29H,1-7H3,(H,27,28,30)/b20-12-. The lowest BCUT2D eigenvalue weighted by Crippen LogP contribution is -2.19. The normalized spacial score (nSPS) is 17.5. The summed E-state index contributed by atoms with van der Waals surface area (Å²) < 4.78 is 0. The van der Waals surface area contributed by atoms with Gasteiger partial charge in [-0.05, 0) is 71.0 Å². The fourth-order valence-corrected chi connectivity index (χ4v) is 4.33. The molecule has 164 valence electrons. The molecule has 0 unspecified atom stereocenters. The molecular formula is C25H29ClN2O2S. The zero-order valence-electron chi connectivity index (χ0n) is 19.1. The van der Waals surface area contributed by atoms with Crippen molar-refractivity contribution in [1.82, 2.24) is 5.32 Å². The molecule has 0 radical (unpaired) electrons. The van der Waals surface area contributed by atoms with E-state index in [9.17, 15) is 9.90 Å². The van der Waals surface area contributed by atoms with Crippen molar-refractivity contribution in [1.29, 1.82) is 0 Å². The summed E-state index contributed by atoms with van der Waals surface area (Å²) in [5.41, 5.74) is 3.84. The van der Waals surface area contributed by atoms with E-state index in [0.29, 0.717) is 20.8 Å². The van der Waals surface area contributed by atoms with Crippen LogP contribution in [0.25, 0.3) is 6.08 Å². The maximum absolute atomic E-state index is 12.6. The number of phenols is 1. The van der Waals surface area contributed by atoms with E-state index in [1.165, 1.54) is 11.8 Å². The van der Waals surface area contributed by atoms with Crippen molar-refractivity contribution in [2.24, 2.45) is 4.99 Å². The topological polar surface area (TPSA) is 61.7 Å². The number of amidine groups is 1. The third kappa shape index (κ3) is 5.34. The minimum atomic E-state index is -0.236. The summed E-state index contributed by atoms with van der Waals surface area (Å²) >= 11 is 7.39. The van der Waals surface area contributed by atoms with Crippen LogP contribution in [0.2, 0.25) is 5.02 Å². The van der Waals surface area contributed by atoms with E-state index in [-0.39, 0.29) is 16.7 Å². The van der Waals surface area contributed by atoms with Crippen molar-refractivity contribution in [3.63, 3.8) is 0 Å². The van der Waals surface area contributed by atoms with Crippen LogP contribution in [0.1, 0.15) is 63.8 Å². The highest BCUT2D eigenvalue weighted by atomic mass is 35.5. The fraction of sp³-hybridized carbons (Fsp3) is 0.360. The quantitative estimate of drug-likeness (QED) is 0.486. The van der Waals surface area contributed by atoms with Crippen molar-refractivity contribution in [2.75, 3.05) is 0 Å². The maximum atomic E-state index is 12.6. The van der Waals surface area contributed by atoms with Crippen LogP contribution in [-0.4, -0.2) is 16.2 Å². The molecule has 1 heterocycles. The van der Waals surface area contributed by atoms with Crippen molar-refractivity contribution in [3.05, 3.63) is 62.5 Å². The van der Waals surface area contributed by atoms with Gasteiger partial charge in [-0.1, -0.05) is 59.2 Å². The number of aromatic hydroxyl groups is 1. The Bertz CT molecular complexity index is 1070. The van der Waals surface area contributed by atoms with E-state index in [1.54, 1.807) is 6.07 Å². The number of rotatable bonds is 2. The van der Waals surface area contributed by atoms with E-state index >= 15 is 0 Å². The summed E-state index contributed by atoms with van der Waals surface area (Å²) in [6, 6.07) is 9.42. The number of aryl methyl sites for hydroxylation is 1. The maximum Gasteiger partial charge on any atom is 0.264 e. The second-order valence-corrected chi connectivity index (χ2v) is 11.3. The predicted octanol–water partition coefficient (Wildman–Crippen LogP) is 6.84. The SMILES string of the molecule is Cc1ccc(Cl)cc1N=C1NC(=O)/C(=C/c2cc(C(C)(C)C)c(O)c(C(C)(C)C)c2)S1. The molecule has 6 heteroatoms. The van der Waals surface area contributed by atoms with Gasteiger partial charge in [-0.3, -0.25) is 4.79 Å². The molecule has 1 amide bonds. The lowest BCUT2D eigenvalue weighted by Gasteiger charge is -2.28. The van der Waals surface area contributed by atoms with Gasteiger partial charge in [-0.15, -0.1) is 0 Å². The number of nitrogens with one attached hydrogen (secondary N) is 1. The highest BCUT2D eigenvalue weighted by molar-refractivity contribution is 8.18. The predicted molar refractivity (Wildman–Crippen MR) is 133 cm³/mol. The number of hydrogen-bond acceptors (Lipinski definition) is 4. The molecule has 31 heavy (non-hydrogen) atoms. The number of carbonyl (C=O) groups excluding carboxylic acids is 1. The first kappa shape index (κ1) is 23.4. The number of benzene rings is 2. The molecule has 4 nitrogen and oxygen atoms in total. The molecule has 0 saturated carbocycles. The number of thioether (sulfide) groups is 1. The van der Waals surface area contributed by atoms with Crippen LogP contribution in [0.5, 0.6) is 5.75 Å². The van der Waals surface area contributed by atoms with Crippen LogP contribution >= 0.6 is 23.4 Å². The summed E-state index contributed by atoms with van der Waals surface area (Å²) in [6.07, 6.45) is 1.86. The van der Waals surface area contributed by atoms with Gasteiger partial charge in [0, 0.05) is 16.1 Å². The Labute approximate surface area is 193 Å². The summed E-state index contributed by atoms with van der Waals surface area (Å²) in [6.45, 7) is 14.4. The Hall–Kier alpha value is -2.24. The van der Waals surface area contributed by atoms with E-state index in [4.69, 9.17) is 11.6 Å². The first-order valence-electron chi connectivity index (χ1n) is 10.2. The molecule has 0 atom stereocenters. The number of halogens is 1. The molecule has 3 rings (SSSR count). The average molecular weight is 457 g/mol. The monoisotopic (exact) mass is 456 g/mol. The van der Waals surface area contributed by atoms with Crippen LogP contribution in [0.15, 0.2) is 40.2 Å². The van der Waals surface area contributed by atoms with E-state index in [0.717, 1.165) is 27.9 Å². The average Bonchev–Trinajstić information content (AvgIpc) is 2.96. The Balaban J connectivity index is 2.02. The molecular weight excluding hydrogens is 428 g/mol. The number of amides is 1. The van der Waals surface area contributed by atoms with E-state index in [2.05, 4.69) is 51.9 Å². The van der Waals surface area contributed by atoms with Crippen molar-refractivity contribution in [3.8, 4) is 5.75 Å². The third-order valence-electron chi connectivity index (χ3n) is 5.09. The molecule has 1 aliphatic heterocycles.